The minimum Gasteiger partial charge on any atom is -0.340 e. The first kappa shape index (κ1) is 12.5. The van der Waals surface area contributed by atoms with E-state index in [4.69, 9.17) is 10.3 Å². The SMILES string of the molecule is Cc1nc(C2(N)CCN(S(C)(=O)=O)CC2)no1. The lowest BCUT2D eigenvalue weighted by atomic mass is 9.89. The Morgan fingerprint density at radius 1 is 1.41 bits per heavy atom. The summed E-state index contributed by atoms with van der Waals surface area (Å²) in [5.74, 6) is 0.929. The third-order valence-electron chi connectivity index (χ3n) is 3.06. The van der Waals surface area contributed by atoms with Crippen LogP contribution < -0.4 is 5.73 Å². The van der Waals surface area contributed by atoms with Crippen molar-refractivity contribution >= 4 is 10.0 Å². The van der Waals surface area contributed by atoms with Crippen molar-refractivity contribution in [2.45, 2.75) is 25.3 Å². The van der Waals surface area contributed by atoms with Crippen LogP contribution in [0.1, 0.15) is 24.6 Å². The fourth-order valence-corrected chi connectivity index (χ4v) is 2.79. The molecule has 0 bridgehead atoms. The van der Waals surface area contributed by atoms with Crippen molar-refractivity contribution < 1.29 is 12.9 Å². The number of aromatic nitrogens is 2. The van der Waals surface area contributed by atoms with Gasteiger partial charge < -0.3 is 10.3 Å². The second-order valence-electron chi connectivity index (χ2n) is 4.46. The Kier molecular flexibility index (Phi) is 2.96. The number of hydrogen-bond acceptors (Lipinski definition) is 6. The summed E-state index contributed by atoms with van der Waals surface area (Å²) in [5.41, 5.74) is 5.51. The van der Waals surface area contributed by atoms with Gasteiger partial charge in [0.15, 0.2) is 5.82 Å². The smallest absolute Gasteiger partial charge is 0.223 e. The van der Waals surface area contributed by atoms with Gasteiger partial charge in [-0.1, -0.05) is 5.16 Å². The molecular formula is C9H16N4O3S. The molecule has 2 rings (SSSR count). The van der Waals surface area contributed by atoms with Crippen LogP contribution in [0.15, 0.2) is 4.52 Å². The van der Waals surface area contributed by atoms with Gasteiger partial charge in [0.2, 0.25) is 15.9 Å². The summed E-state index contributed by atoms with van der Waals surface area (Å²) >= 11 is 0. The molecular weight excluding hydrogens is 244 g/mol. The second-order valence-corrected chi connectivity index (χ2v) is 6.44. The molecule has 1 aromatic heterocycles. The first-order valence-corrected chi connectivity index (χ1v) is 7.21. The number of hydrogen-bond donors (Lipinski definition) is 1. The Hall–Kier alpha value is -0.990. The summed E-state index contributed by atoms with van der Waals surface area (Å²) in [4.78, 5) is 4.12. The van der Waals surface area contributed by atoms with E-state index in [1.165, 1.54) is 10.6 Å². The maximum Gasteiger partial charge on any atom is 0.223 e. The van der Waals surface area contributed by atoms with E-state index in [2.05, 4.69) is 10.1 Å². The van der Waals surface area contributed by atoms with Gasteiger partial charge in [-0.3, -0.25) is 0 Å². The van der Waals surface area contributed by atoms with Crippen LogP contribution in [-0.4, -0.2) is 42.2 Å². The van der Waals surface area contributed by atoms with Gasteiger partial charge in [-0.2, -0.15) is 4.98 Å². The molecule has 8 heteroatoms. The lowest BCUT2D eigenvalue weighted by Gasteiger charge is -2.35. The van der Waals surface area contributed by atoms with Crippen LogP contribution in [-0.2, 0) is 15.6 Å². The number of aryl methyl sites for hydroxylation is 1. The van der Waals surface area contributed by atoms with Crippen LogP contribution >= 0.6 is 0 Å². The molecule has 0 aliphatic carbocycles. The Morgan fingerprint density at radius 3 is 2.41 bits per heavy atom. The van der Waals surface area contributed by atoms with Crippen molar-refractivity contribution in [2.24, 2.45) is 5.73 Å². The number of piperidine rings is 1. The Balaban J connectivity index is 2.13. The van der Waals surface area contributed by atoms with Crippen LogP contribution in [0.5, 0.6) is 0 Å². The molecule has 7 nitrogen and oxygen atoms in total. The zero-order chi connectivity index (χ0) is 12.7. The number of nitrogens with two attached hydrogens (primary N) is 1. The van der Waals surface area contributed by atoms with Crippen molar-refractivity contribution in [3.05, 3.63) is 11.7 Å². The van der Waals surface area contributed by atoms with Gasteiger partial charge in [0.25, 0.3) is 0 Å². The maximum atomic E-state index is 11.4. The van der Waals surface area contributed by atoms with Gasteiger partial charge >= 0.3 is 0 Å². The van der Waals surface area contributed by atoms with Crippen LogP contribution in [0.2, 0.25) is 0 Å². The molecule has 1 aliphatic heterocycles. The van der Waals surface area contributed by atoms with Crippen molar-refractivity contribution in [3.63, 3.8) is 0 Å². The molecule has 0 radical (unpaired) electrons. The van der Waals surface area contributed by atoms with Crippen LogP contribution in [0.25, 0.3) is 0 Å². The Morgan fingerprint density at radius 2 is 2.00 bits per heavy atom. The van der Waals surface area contributed by atoms with E-state index in [0.717, 1.165) is 0 Å². The molecule has 2 heterocycles. The predicted octanol–water partition coefficient (Wildman–Crippen LogP) is -0.413. The zero-order valence-electron chi connectivity index (χ0n) is 9.88. The first-order valence-electron chi connectivity index (χ1n) is 5.36. The van der Waals surface area contributed by atoms with Crippen molar-refractivity contribution in [3.8, 4) is 0 Å². The molecule has 0 saturated carbocycles. The van der Waals surface area contributed by atoms with Crippen molar-refractivity contribution in [1.29, 1.82) is 0 Å². The predicted molar refractivity (Wildman–Crippen MR) is 60.6 cm³/mol. The molecule has 0 unspecified atom stereocenters. The van der Waals surface area contributed by atoms with Gasteiger partial charge in [0.1, 0.15) is 0 Å². The van der Waals surface area contributed by atoms with E-state index in [9.17, 15) is 8.42 Å². The quantitative estimate of drug-likeness (QED) is 0.775. The van der Waals surface area contributed by atoms with Crippen molar-refractivity contribution in [2.75, 3.05) is 19.3 Å². The molecule has 17 heavy (non-hydrogen) atoms. The summed E-state index contributed by atoms with van der Waals surface area (Å²) in [6, 6.07) is 0. The van der Waals surface area contributed by atoms with E-state index < -0.39 is 15.6 Å². The molecule has 0 amide bonds. The first-order chi connectivity index (χ1) is 7.81. The zero-order valence-corrected chi connectivity index (χ0v) is 10.7. The number of rotatable bonds is 2. The third-order valence-corrected chi connectivity index (χ3v) is 4.36. The maximum absolute atomic E-state index is 11.4. The average Bonchev–Trinajstić information content (AvgIpc) is 2.65. The largest absolute Gasteiger partial charge is 0.340 e. The van der Waals surface area contributed by atoms with Crippen LogP contribution in [0, 0.1) is 6.92 Å². The second kappa shape index (κ2) is 4.04. The van der Waals surface area contributed by atoms with Gasteiger partial charge in [-0.25, -0.2) is 12.7 Å². The van der Waals surface area contributed by atoms with E-state index in [1.54, 1.807) is 6.92 Å². The van der Waals surface area contributed by atoms with Gasteiger partial charge in [-0.15, -0.1) is 0 Å². The molecule has 2 N–H and O–H groups in total. The molecule has 1 aliphatic rings. The normalized spacial score (nSPS) is 21.6. The summed E-state index contributed by atoms with van der Waals surface area (Å²) < 4.78 is 29.1. The molecule has 1 aromatic rings. The minimum absolute atomic E-state index is 0.392. The van der Waals surface area contributed by atoms with Crippen molar-refractivity contribution in [1.82, 2.24) is 14.4 Å². The summed E-state index contributed by atoms with van der Waals surface area (Å²) in [6.07, 6.45) is 2.20. The van der Waals surface area contributed by atoms with Crippen LogP contribution in [0.4, 0.5) is 0 Å². The van der Waals surface area contributed by atoms with E-state index in [0.29, 0.717) is 37.6 Å². The highest BCUT2D eigenvalue weighted by Crippen LogP contribution is 2.29. The highest BCUT2D eigenvalue weighted by Gasteiger charge is 2.38. The number of nitrogens with zero attached hydrogens (tertiary/aromatic N) is 3. The van der Waals surface area contributed by atoms with Gasteiger partial charge in [-0.05, 0) is 12.8 Å². The molecule has 1 fully saturated rings. The highest BCUT2D eigenvalue weighted by molar-refractivity contribution is 7.88. The lowest BCUT2D eigenvalue weighted by molar-refractivity contribution is 0.223. The monoisotopic (exact) mass is 260 g/mol. The molecule has 0 aromatic carbocycles. The van der Waals surface area contributed by atoms with E-state index in [1.807, 2.05) is 0 Å². The molecule has 96 valence electrons. The molecule has 0 atom stereocenters. The van der Waals surface area contributed by atoms with E-state index in [-0.39, 0.29) is 0 Å². The Bertz CT molecular complexity index is 502. The lowest BCUT2D eigenvalue weighted by Crippen LogP contribution is -2.50. The number of sulfonamides is 1. The topological polar surface area (TPSA) is 102 Å². The summed E-state index contributed by atoms with van der Waals surface area (Å²) in [6.45, 7) is 2.48. The van der Waals surface area contributed by atoms with Crippen LogP contribution in [0.3, 0.4) is 0 Å². The molecule has 0 spiro atoms. The average molecular weight is 260 g/mol. The van der Waals surface area contributed by atoms with Gasteiger partial charge in [0, 0.05) is 20.0 Å². The third kappa shape index (κ3) is 2.48. The molecule has 1 saturated heterocycles. The fraction of sp³-hybridized carbons (Fsp3) is 0.778. The highest BCUT2D eigenvalue weighted by atomic mass is 32.2. The van der Waals surface area contributed by atoms with E-state index >= 15 is 0 Å². The fourth-order valence-electron chi connectivity index (χ4n) is 1.94. The summed E-state index contributed by atoms with van der Waals surface area (Å²) in [7, 11) is -3.14. The summed E-state index contributed by atoms with van der Waals surface area (Å²) in [5, 5.41) is 3.82. The Labute approximate surface area is 100 Å². The standard InChI is InChI=1S/C9H16N4O3S/c1-7-11-8(12-16-7)9(10)3-5-13(6-4-9)17(2,14)15/h3-6,10H2,1-2H3. The minimum atomic E-state index is -3.14. The van der Waals surface area contributed by atoms with Gasteiger partial charge in [0.05, 0.1) is 11.8 Å².